The molecular weight excluding hydrogens is 304 g/mol. The van der Waals surface area contributed by atoms with Gasteiger partial charge in [-0.05, 0) is 29.7 Å². The second-order valence-corrected chi connectivity index (χ2v) is 5.28. The van der Waals surface area contributed by atoms with Crippen molar-refractivity contribution in [2.75, 3.05) is 11.4 Å². The number of non-ortho nitro benzene ring substituents is 1. The van der Waals surface area contributed by atoms with E-state index in [1.165, 1.54) is 17.0 Å². The Hall–Kier alpha value is -3.01. The van der Waals surface area contributed by atoms with E-state index in [-0.39, 0.29) is 23.5 Å². The summed E-state index contributed by atoms with van der Waals surface area (Å²) in [6.07, 6.45) is 0.534. The molecule has 5 nitrogen and oxygen atoms in total. The zero-order valence-corrected chi connectivity index (χ0v) is 11.9. The summed E-state index contributed by atoms with van der Waals surface area (Å²) < 4.78 is 28.2. The number of nitriles is 1. The normalized spacial score (nSPS) is 13.3. The molecule has 0 atom stereocenters. The van der Waals surface area contributed by atoms with Crippen LogP contribution in [-0.2, 0) is 13.0 Å². The smallest absolute Gasteiger partial charge is 0.269 e. The van der Waals surface area contributed by atoms with E-state index in [2.05, 4.69) is 0 Å². The van der Waals surface area contributed by atoms with Crippen LogP contribution >= 0.6 is 0 Å². The van der Waals surface area contributed by atoms with Crippen molar-refractivity contribution in [3.05, 3.63) is 68.8 Å². The van der Waals surface area contributed by atoms with Gasteiger partial charge in [0, 0.05) is 25.2 Å². The standard InChI is InChI=1S/C16H11F2N3O2/c17-14-5-10(8-19)6-15(18)16(14)20-4-3-11-1-2-13(21(22)23)7-12(11)9-20/h1-2,5-7H,3-4,9H2. The lowest BCUT2D eigenvalue weighted by molar-refractivity contribution is -0.384. The number of hydrogen-bond acceptors (Lipinski definition) is 4. The lowest BCUT2D eigenvalue weighted by atomic mass is 9.98. The monoisotopic (exact) mass is 315 g/mol. The molecule has 0 saturated carbocycles. The molecule has 1 aliphatic rings. The Bertz CT molecular complexity index is 823. The highest BCUT2D eigenvalue weighted by Crippen LogP contribution is 2.31. The van der Waals surface area contributed by atoms with E-state index in [0.717, 1.165) is 17.7 Å². The van der Waals surface area contributed by atoms with Crippen LogP contribution in [-0.4, -0.2) is 11.5 Å². The molecule has 1 heterocycles. The van der Waals surface area contributed by atoms with E-state index in [9.17, 15) is 18.9 Å². The van der Waals surface area contributed by atoms with Gasteiger partial charge in [-0.1, -0.05) is 6.07 Å². The summed E-state index contributed by atoms with van der Waals surface area (Å²) in [5, 5.41) is 19.6. The molecule has 7 heteroatoms. The number of nitrogens with zero attached hydrogens (tertiary/aromatic N) is 3. The zero-order valence-electron chi connectivity index (χ0n) is 11.9. The lowest BCUT2D eigenvalue weighted by Gasteiger charge is -2.31. The summed E-state index contributed by atoms with van der Waals surface area (Å²) in [4.78, 5) is 11.9. The van der Waals surface area contributed by atoms with Gasteiger partial charge in [0.15, 0.2) is 11.6 Å². The highest BCUT2D eigenvalue weighted by Gasteiger charge is 2.24. The van der Waals surface area contributed by atoms with Gasteiger partial charge in [-0.2, -0.15) is 5.26 Å². The summed E-state index contributed by atoms with van der Waals surface area (Å²) in [5.41, 5.74) is 1.26. The summed E-state index contributed by atoms with van der Waals surface area (Å²) in [6.45, 7) is 0.571. The first-order chi connectivity index (χ1) is 11.0. The van der Waals surface area contributed by atoms with E-state index >= 15 is 0 Å². The van der Waals surface area contributed by atoms with Gasteiger partial charge >= 0.3 is 0 Å². The van der Waals surface area contributed by atoms with Gasteiger partial charge in [-0.15, -0.1) is 0 Å². The van der Waals surface area contributed by atoms with Crippen molar-refractivity contribution in [1.82, 2.24) is 0 Å². The molecule has 3 rings (SSSR count). The maximum atomic E-state index is 14.1. The summed E-state index contributed by atoms with van der Waals surface area (Å²) in [6, 6.07) is 8.21. The Morgan fingerprint density at radius 2 is 1.87 bits per heavy atom. The fraction of sp³-hybridized carbons (Fsp3) is 0.188. The molecule has 0 fully saturated rings. The number of benzene rings is 2. The van der Waals surface area contributed by atoms with Crippen LogP contribution in [0.15, 0.2) is 30.3 Å². The minimum Gasteiger partial charge on any atom is -0.362 e. The summed E-state index contributed by atoms with van der Waals surface area (Å²) >= 11 is 0. The number of nitro benzene ring substituents is 1. The van der Waals surface area contributed by atoms with E-state index in [4.69, 9.17) is 5.26 Å². The van der Waals surface area contributed by atoms with Crippen LogP contribution in [0.1, 0.15) is 16.7 Å². The number of fused-ring (bicyclic) bond motifs is 1. The molecule has 0 bridgehead atoms. The predicted octanol–water partition coefficient (Wildman–Crippen LogP) is 3.31. The van der Waals surface area contributed by atoms with Crippen molar-refractivity contribution < 1.29 is 13.7 Å². The van der Waals surface area contributed by atoms with Gasteiger partial charge in [0.1, 0.15) is 5.69 Å². The average molecular weight is 315 g/mol. The average Bonchev–Trinajstić information content (AvgIpc) is 2.53. The molecule has 0 aliphatic carbocycles. The lowest BCUT2D eigenvalue weighted by Crippen LogP contribution is -2.31. The maximum absolute atomic E-state index is 14.1. The Morgan fingerprint density at radius 3 is 2.48 bits per heavy atom. The Morgan fingerprint density at radius 1 is 1.17 bits per heavy atom. The quantitative estimate of drug-likeness (QED) is 0.630. The van der Waals surface area contributed by atoms with Crippen molar-refractivity contribution in [3.63, 3.8) is 0 Å². The summed E-state index contributed by atoms with van der Waals surface area (Å²) in [5.74, 6) is -1.62. The Labute approximate surface area is 130 Å². The second-order valence-electron chi connectivity index (χ2n) is 5.28. The number of nitro groups is 1. The topological polar surface area (TPSA) is 70.2 Å². The van der Waals surface area contributed by atoms with Crippen molar-refractivity contribution in [1.29, 1.82) is 5.26 Å². The van der Waals surface area contributed by atoms with Crippen molar-refractivity contribution in [2.24, 2.45) is 0 Å². The zero-order chi connectivity index (χ0) is 16.6. The van der Waals surface area contributed by atoms with Gasteiger partial charge in [-0.25, -0.2) is 8.78 Å². The highest BCUT2D eigenvalue weighted by atomic mass is 19.1. The van der Waals surface area contributed by atoms with Crippen LogP contribution in [0.25, 0.3) is 0 Å². The van der Waals surface area contributed by atoms with E-state index in [0.29, 0.717) is 18.5 Å². The highest BCUT2D eigenvalue weighted by molar-refractivity contribution is 5.55. The van der Waals surface area contributed by atoms with Crippen molar-refractivity contribution in [3.8, 4) is 6.07 Å². The minimum absolute atomic E-state index is 0.0497. The molecular formula is C16H11F2N3O2. The van der Waals surface area contributed by atoms with Crippen LogP contribution in [0, 0.1) is 33.1 Å². The molecule has 0 aromatic heterocycles. The van der Waals surface area contributed by atoms with Gasteiger partial charge in [0.2, 0.25) is 0 Å². The Balaban J connectivity index is 1.98. The third-order valence-electron chi connectivity index (χ3n) is 3.88. The van der Waals surface area contributed by atoms with Gasteiger partial charge in [-0.3, -0.25) is 10.1 Å². The molecule has 23 heavy (non-hydrogen) atoms. The third kappa shape index (κ3) is 2.71. The SMILES string of the molecule is N#Cc1cc(F)c(N2CCc3ccc([N+](=O)[O-])cc3C2)c(F)c1. The molecule has 0 unspecified atom stereocenters. The molecule has 116 valence electrons. The summed E-state index contributed by atoms with van der Waals surface area (Å²) in [7, 11) is 0. The molecule has 0 amide bonds. The fourth-order valence-corrected chi connectivity index (χ4v) is 2.78. The first-order valence-corrected chi connectivity index (χ1v) is 6.90. The molecule has 1 aliphatic heterocycles. The second kappa shape index (κ2) is 5.65. The van der Waals surface area contributed by atoms with E-state index in [1.54, 1.807) is 12.1 Å². The predicted molar refractivity (Wildman–Crippen MR) is 78.9 cm³/mol. The first-order valence-electron chi connectivity index (χ1n) is 6.90. The largest absolute Gasteiger partial charge is 0.362 e. The number of hydrogen-bond donors (Lipinski definition) is 0. The van der Waals surface area contributed by atoms with Crippen LogP contribution < -0.4 is 4.90 Å². The van der Waals surface area contributed by atoms with E-state index < -0.39 is 16.6 Å². The van der Waals surface area contributed by atoms with Gasteiger partial charge in [0.05, 0.1) is 16.6 Å². The van der Waals surface area contributed by atoms with Crippen LogP contribution in [0.4, 0.5) is 20.2 Å². The van der Waals surface area contributed by atoms with Crippen molar-refractivity contribution >= 4 is 11.4 Å². The van der Waals surface area contributed by atoms with Crippen molar-refractivity contribution in [2.45, 2.75) is 13.0 Å². The molecule has 0 radical (unpaired) electrons. The molecule has 0 N–H and O–H groups in total. The first kappa shape index (κ1) is 14.9. The van der Waals surface area contributed by atoms with Crippen LogP contribution in [0.3, 0.4) is 0 Å². The van der Waals surface area contributed by atoms with Gasteiger partial charge < -0.3 is 4.90 Å². The molecule has 0 saturated heterocycles. The minimum atomic E-state index is -0.810. The number of anilines is 1. The van der Waals surface area contributed by atoms with Crippen LogP contribution in [0.2, 0.25) is 0 Å². The maximum Gasteiger partial charge on any atom is 0.269 e. The molecule has 0 spiro atoms. The van der Waals surface area contributed by atoms with Gasteiger partial charge in [0.25, 0.3) is 5.69 Å². The van der Waals surface area contributed by atoms with E-state index in [1.807, 2.05) is 0 Å². The third-order valence-corrected chi connectivity index (χ3v) is 3.88. The fourth-order valence-electron chi connectivity index (χ4n) is 2.78. The number of rotatable bonds is 2. The molecule has 2 aromatic rings. The van der Waals surface area contributed by atoms with Crippen LogP contribution in [0.5, 0.6) is 0 Å². The Kier molecular flexibility index (Phi) is 3.66. The molecule has 2 aromatic carbocycles. The number of halogens is 2.